The summed E-state index contributed by atoms with van der Waals surface area (Å²) in [6, 6.07) is 0. The molecule has 1 atom stereocenters. The number of hydrogen-bond donors (Lipinski definition) is 1. The minimum atomic E-state index is 0.381. The van der Waals surface area contributed by atoms with Crippen molar-refractivity contribution in [1.29, 1.82) is 0 Å². The average Bonchev–Trinajstić information content (AvgIpc) is 2.17. The number of hydrogen-bond acceptors (Lipinski definition) is 3. The third-order valence-corrected chi connectivity index (χ3v) is 4.01. The average molecular weight is 214 g/mol. The molecule has 82 valence electrons. The van der Waals surface area contributed by atoms with Crippen LogP contribution in [0.4, 0.5) is 0 Å². The molecule has 0 aromatic carbocycles. The Bertz CT molecular complexity index is 211. The maximum atomic E-state index is 4.52. The predicted octanol–water partition coefficient (Wildman–Crippen LogP) is 2.75. The summed E-state index contributed by atoms with van der Waals surface area (Å²) in [7, 11) is 0. The standard InChI is InChI=1S/C11H22N2S/c1-5-11(3,4)8-13-10-12-6-9(2)7-14-10/h9H,5-8H2,1-4H3,(H,12,13). The number of nitrogens with one attached hydrogen (secondary N) is 1. The molecule has 1 rings (SSSR count). The first-order valence-corrected chi connectivity index (χ1v) is 6.43. The van der Waals surface area contributed by atoms with Gasteiger partial charge in [0.15, 0.2) is 5.17 Å². The van der Waals surface area contributed by atoms with Crippen molar-refractivity contribution >= 4 is 16.9 Å². The summed E-state index contributed by atoms with van der Waals surface area (Å²) < 4.78 is 0. The number of thioether (sulfide) groups is 1. The van der Waals surface area contributed by atoms with Crippen LogP contribution in [0.3, 0.4) is 0 Å². The van der Waals surface area contributed by atoms with Crippen LogP contribution in [0.5, 0.6) is 0 Å². The van der Waals surface area contributed by atoms with E-state index in [-0.39, 0.29) is 0 Å². The van der Waals surface area contributed by atoms with E-state index < -0.39 is 0 Å². The second-order valence-corrected chi connectivity index (χ2v) is 5.94. The van der Waals surface area contributed by atoms with Crippen LogP contribution < -0.4 is 5.32 Å². The van der Waals surface area contributed by atoms with Crippen LogP contribution >= 0.6 is 11.8 Å². The Morgan fingerprint density at radius 1 is 1.57 bits per heavy atom. The maximum Gasteiger partial charge on any atom is 0.156 e. The van der Waals surface area contributed by atoms with E-state index in [1.807, 2.05) is 11.8 Å². The number of nitrogens with zero attached hydrogens (tertiary/aromatic N) is 1. The third-order valence-electron chi connectivity index (χ3n) is 2.73. The monoisotopic (exact) mass is 214 g/mol. The van der Waals surface area contributed by atoms with Crippen molar-refractivity contribution in [2.24, 2.45) is 16.3 Å². The van der Waals surface area contributed by atoms with Gasteiger partial charge in [0.25, 0.3) is 0 Å². The Hall–Kier alpha value is -0.180. The van der Waals surface area contributed by atoms with Gasteiger partial charge < -0.3 is 5.32 Å². The van der Waals surface area contributed by atoms with Crippen LogP contribution in [-0.4, -0.2) is 24.0 Å². The lowest BCUT2D eigenvalue weighted by molar-refractivity contribution is 0.350. The first kappa shape index (κ1) is 11.9. The molecular formula is C11H22N2S. The highest BCUT2D eigenvalue weighted by Gasteiger charge is 2.17. The Labute approximate surface area is 92.0 Å². The van der Waals surface area contributed by atoms with E-state index in [1.54, 1.807) is 0 Å². The summed E-state index contributed by atoms with van der Waals surface area (Å²) in [5.41, 5.74) is 0.381. The summed E-state index contributed by atoms with van der Waals surface area (Å²) in [6.45, 7) is 11.1. The normalized spacial score (nSPS) is 23.1. The van der Waals surface area contributed by atoms with Gasteiger partial charge in [-0.15, -0.1) is 0 Å². The van der Waals surface area contributed by atoms with Gasteiger partial charge in [0.05, 0.1) is 0 Å². The van der Waals surface area contributed by atoms with Crippen LogP contribution in [-0.2, 0) is 0 Å². The van der Waals surface area contributed by atoms with E-state index >= 15 is 0 Å². The van der Waals surface area contributed by atoms with E-state index in [1.165, 1.54) is 12.2 Å². The molecule has 0 saturated carbocycles. The van der Waals surface area contributed by atoms with Gasteiger partial charge >= 0.3 is 0 Å². The zero-order valence-corrected chi connectivity index (χ0v) is 10.6. The first-order chi connectivity index (χ1) is 6.53. The van der Waals surface area contributed by atoms with E-state index in [0.29, 0.717) is 5.41 Å². The van der Waals surface area contributed by atoms with Crippen molar-refractivity contribution < 1.29 is 0 Å². The summed E-state index contributed by atoms with van der Waals surface area (Å²) in [5, 5.41) is 4.59. The van der Waals surface area contributed by atoms with Crippen LogP contribution in [0.15, 0.2) is 4.99 Å². The highest BCUT2D eigenvalue weighted by molar-refractivity contribution is 8.13. The third kappa shape index (κ3) is 3.91. The fraction of sp³-hybridized carbons (Fsp3) is 0.909. The van der Waals surface area contributed by atoms with Crippen molar-refractivity contribution in [2.75, 3.05) is 18.8 Å². The van der Waals surface area contributed by atoms with Crippen molar-refractivity contribution in [3.63, 3.8) is 0 Å². The van der Waals surface area contributed by atoms with E-state index in [0.717, 1.165) is 24.2 Å². The molecule has 0 spiro atoms. The molecule has 0 aromatic rings. The minimum Gasteiger partial charge on any atom is -0.364 e. The van der Waals surface area contributed by atoms with Crippen molar-refractivity contribution in [3.05, 3.63) is 0 Å². The highest BCUT2D eigenvalue weighted by atomic mass is 32.2. The quantitative estimate of drug-likeness (QED) is 0.781. The number of aliphatic imine (C=N–C) groups is 1. The lowest BCUT2D eigenvalue weighted by atomic mass is 9.90. The van der Waals surface area contributed by atoms with Gasteiger partial charge in [-0.3, -0.25) is 4.99 Å². The molecule has 2 nitrogen and oxygen atoms in total. The summed E-state index contributed by atoms with van der Waals surface area (Å²) in [6.07, 6.45) is 1.20. The van der Waals surface area contributed by atoms with Crippen LogP contribution in [0.1, 0.15) is 34.1 Å². The number of amidine groups is 1. The lowest BCUT2D eigenvalue weighted by Gasteiger charge is -2.25. The Kier molecular flexibility index (Phi) is 4.30. The fourth-order valence-electron chi connectivity index (χ4n) is 1.11. The van der Waals surface area contributed by atoms with Gasteiger partial charge in [-0.05, 0) is 17.8 Å². The van der Waals surface area contributed by atoms with E-state index in [9.17, 15) is 0 Å². The molecular weight excluding hydrogens is 192 g/mol. The molecule has 1 heterocycles. The molecule has 14 heavy (non-hydrogen) atoms. The first-order valence-electron chi connectivity index (χ1n) is 5.44. The predicted molar refractivity (Wildman–Crippen MR) is 66.0 cm³/mol. The van der Waals surface area contributed by atoms with Gasteiger partial charge in [0, 0.05) is 18.8 Å². The summed E-state index contributed by atoms with van der Waals surface area (Å²) in [5.74, 6) is 1.95. The maximum absolute atomic E-state index is 4.52. The molecule has 1 unspecified atom stereocenters. The molecule has 0 saturated heterocycles. The highest BCUT2D eigenvalue weighted by Crippen LogP contribution is 2.20. The molecule has 0 bridgehead atoms. The van der Waals surface area contributed by atoms with Crippen molar-refractivity contribution in [3.8, 4) is 0 Å². The zero-order chi connectivity index (χ0) is 10.6. The Balaban J connectivity index is 2.32. The van der Waals surface area contributed by atoms with Gasteiger partial charge in [-0.25, -0.2) is 0 Å². The molecule has 0 radical (unpaired) electrons. The van der Waals surface area contributed by atoms with Gasteiger partial charge in [-0.2, -0.15) is 0 Å². The largest absolute Gasteiger partial charge is 0.364 e. The van der Waals surface area contributed by atoms with Gasteiger partial charge in [0.1, 0.15) is 0 Å². The molecule has 1 aliphatic rings. The molecule has 1 aliphatic heterocycles. The second kappa shape index (κ2) is 5.06. The van der Waals surface area contributed by atoms with Crippen LogP contribution in [0, 0.1) is 11.3 Å². The lowest BCUT2D eigenvalue weighted by Crippen LogP contribution is -2.34. The summed E-state index contributed by atoms with van der Waals surface area (Å²) in [4.78, 5) is 4.52. The van der Waals surface area contributed by atoms with Gasteiger partial charge in [-0.1, -0.05) is 39.5 Å². The van der Waals surface area contributed by atoms with E-state index in [2.05, 4.69) is 38.0 Å². The molecule has 0 aromatic heterocycles. The van der Waals surface area contributed by atoms with Crippen LogP contribution in [0.25, 0.3) is 0 Å². The topological polar surface area (TPSA) is 24.4 Å². The van der Waals surface area contributed by atoms with Crippen molar-refractivity contribution in [1.82, 2.24) is 5.32 Å². The van der Waals surface area contributed by atoms with Crippen LogP contribution in [0.2, 0.25) is 0 Å². The minimum absolute atomic E-state index is 0.381. The van der Waals surface area contributed by atoms with Crippen molar-refractivity contribution in [2.45, 2.75) is 34.1 Å². The molecule has 0 aliphatic carbocycles. The van der Waals surface area contributed by atoms with Gasteiger partial charge in [0.2, 0.25) is 0 Å². The fourth-order valence-corrected chi connectivity index (χ4v) is 1.99. The Morgan fingerprint density at radius 2 is 2.29 bits per heavy atom. The molecule has 0 amide bonds. The molecule has 3 heteroatoms. The SMILES string of the molecule is CCC(C)(C)CNC1=NCC(C)CS1. The van der Waals surface area contributed by atoms with E-state index in [4.69, 9.17) is 0 Å². The number of rotatable bonds is 3. The molecule has 1 N–H and O–H groups in total. The Morgan fingerprint density at radius 3 is 2.79 bits per heavy atom. The zero-order valence-electron chi connectivity index (χ0n) is 9.76. The second-order valence-electron chi connectivity index (χ2n) is 4.93. The summed E-state index contributed by atoms with van der Waals surface area (Å²) >= 11 is 1.86. The molecule has 0 fully saturated rings. The smallest absolute Gasteiger partial charge is 0.156 e.